The molecule has 7 nitrogen and oxygen atoms in total. The Morgan fingerprint density at radius 3 is 2.35 bits per heavy atom. The standard InChI is InChI=1S/C15H16F3NO6S/c1-8-6-19(7-11(8)13(20)21)26(23,24)9-3-4-10(14(22)25-2)12(5-9)15(16,17)18/h3-5,8,11H,6-7H2,1-2H3,(H,20,21)/t8-,11-/m1/s1. The summed E-state index contributed by atoms with van der Waals surface area (Å²) in [5.41, 5.74) is -2.25. The smallest absolute Gasteiger partial charge is 0.417 e. The van der Waals surface area contributed by atoms with E-state index in [1.165, 1.54) is 0 Å². The number of alkyl halides is 3. The number of carbonyl (C=O) groups is 2. The number of aliphatic carboxylic acids is 1. The van der Waals surface area contributed by atoms with Gasteiger partial charge in [-0.2, -0.15) is 17.5 Å². The van der Waals surface area contributed by atoms with Gasteiger partial charge in [0.15, 0.2) is 0 Å². The molecule has 1 saturated heterocycles. The summed E-state index contributed by atoms with van der Waals surface area (Å²) in [6.07, 6.45) is -4.98. The fourth-order valence-corrected chi connectivity index (χ4v) is 4.39. The van der Waals surface area contributed by atoms with Crippen molar-refractivity contribution in [3.8, 4) is 0 Å². The van der Waals surface area contributed by atoms with E-state index in [0.717, 1.165) is 23.5 Å². The summed E-state index contributed by atoms with van der Waals surface area (Å²) in [6.45, 7) is 1.09. The van der Waals surface area contributed by atoms with Crippen LogP contribution < -0.4 is 0 Å². The van der Waals surface area contributed by atoms with Crippen molar-refractivity contribution in [2.45, 2.75) is 18.0 Å². The number of halogens is 3. The number of carboxylic acids is 1. The molecule has 0 saturated carbocycles. The molecule has 1 aromatic carbocycles. The molecule has 144 valence electrons. The molecule has 26 heavy (non-hydrogen) atoms. The molecular formula is C15H16F3NO6S. The molecular weight excluding hydrogens is 379 g/mol. The van der Waals surface area contributed by atoms with Crippen LogP contribution in [0.25, 0.3) is 0 Å². The van der Waals surface area contributed by atoms with Crippen LogP contribution in [-0.2, 0) is 25.7 Å². The quantitative estimate of drug-likeness (QED) is 0.781. The van der Waals surface area contributed by atoms with Crippen LogP contribution in [0.3, 0.4) is 0 Å². The molecule has 1 aliphatic heterocycles. The second-order valence-electron chi connectivity index (χ2n) is 5.94. The third-order valence-corrected chi connectivity index (χ3v) is 6.06. The highest BCUT2D eigenvalue weighted by molar-refractivity contribution is 7.89. The van der Waals surface area contributed by atoms with Crippen molar-refractivity contribution in [3.05, 3.63) is 29.3 Å². The first-order valence-electron chi connectivity index (χ1n) is 7.42. The summed E-state index contributed by atoms with van der Waals surface area (Å²) in [6, 6.07) is 1.96. The zero-order chi connectivity index (χ0) is 19.9. The van der Waals surface area contributed by atoms with E-state index in [0.29, 0.717) is 6.07 Å². The van der Waals surface area contributed by atoms with Gasteiger partial charge in [0.25, 0.3) is 0 Å². The van der Waals surface area contributed by atoms with Crippen LogP contribution >= 0.6 is 0 Å². The lowest BCUT2D eigenvalue weighted by Gasteiger charge is -2.18. The second kappa shape index (κ2) is 6.88. The van der Waals surface area contributed by atoms with Gasteiger partial charge in [0, 0.05) is 13.1 Å². The Morgan fingerprint density at radius 1 is 1.27 bits per heavy atom. The highest BCUT2D eigenvalue weighted by atomic mass is 32.2. The van der Waals surface area contributed by atoms with E-state index in [1.54, 1.807) is 6.92 Å². The molecule has 0 bridgehead atoms. The summed E-state index contributed by atoms with van der Waals surface area (Å²) >= 11 is 0. The summed E-state index contributed by atoms with van der Waals surface area (Å²) < 4.78 is 70.1. The van der Waals surface area contributed by atoms with E-state index in [9.17, 15) is 31.2 Å². The van der Waals surface area contributed by atoms with Gasteiger partial charge < -0.3 is 9.84 Å². The lowest BCUT2D eigenvalue weighted by molar-refractivity contribution is -0.142. The molecule has 2 atom stereocenters. The number of esters is 1. The summed E-state index contributed by atoms with van der Waals surface area (Å²) in [5.74, 6) is -3.85. The molecule has 0 unspecified atom stereocenters. The molecule has 1 fully saturated rings. The van der Waals surface area contributed by atoms with Gasteiger partial charge in [-0.25, -0.2) is 13.2 Å². The van der Waals surface area contributed by atoms with Crippen molar-refractivity contribution in [2.75, 3.05) is 20.2 Å². The number of ether oxygens (including phenoxy) is 1. The van der Waals surface area contributed by atoms with E-state index < -0.39 is 56.0 Å². The number of carboxylic acid groups (broad SMARTS) is 1. The topological polar surface area (TPSA) is 101 Å². The Balaban J connectivity index is 2.48. The highest BCUT2D eigenvalue weighted by Crippen LogP contribution is 2.35. The number of benzene rings is 1. The van der Waals surface area contributed by atoms with Crippen LogP contribution in [-0.4, -0.2) is 50.0 Å². The van der Waals surface area contributed by atoms with Gasteiger partial charge in [-0.05, 0) is 24.1 Å². The Morgan fingerprint density at radius 2 is 1.88 bits per heavy atom. The minimum atomic E-state index is -4.98. The Hall–Kier alpha value is -2.14. The summed E-state index contributed by atoms with van der Waals surface area (Å²) in [4.78, 5) is 22.0. The number of carbonyl (C=O) groups excluding carboxylic acids is 1. The third kappa shape index (κ3) is 3.68. The maximum absolute atomic E-state index is 13.2. The third-order valence-electron chi connectivity index (χ3n) is 4.24. The van der Waals surface area contributed by atoms with Gasteiger partial charge in [0.1, 0.15) is 0 Å². The molecule has 1 N–H and O–H groups in total. The number of hydrogen-bond acceptors (Lipinski definition) is 5. The molecule has 1 heterocycles. The second-order valence-corrected chi connectivity index (χ2v) is 7.88. The van der Waals surface area contributed by atoms with Crippen LogP contribution in [0.15, 0.2) is 23.1 Å². The number of rotatable bonds is 4. The van der Waals surface area contributed by atoms with Crippen molar-refractivity contribution in [1.29, 1.82) is 0 Å². The Labute approximate surface area is 147 Å². The van der Waals surface area contributed by atoms with Crippen molar-refractivity contribution in [2.24, 2.45) is 11.8 Å². The SMILES string of the molecule is COC(=O)c1ccc(S(=O)(=O)N2C[C@@H](C)[C@H](C(=O)O)C2)cc1C(F)(F)F. The molecule has 0 radical (unpaired) electrons. The lowest BCUT2D eigenvalue weighted by Crippen LogP contribution is -2.30. The predicted molar refractivity (Wildman–Crippen MR) is 81.8 cm³/mol. The Kier molecular flexibility index (Phi) is 5.34. The van der Waals surface area contributed by atoms with Gasteiger partial charge in [-0.3, -0.25) is 4.79 Å². The van der Waals surface area contributed by atoms with E-state index in [4.69, 9.17) is 5.11 Å². The normalized spacial score (nSPS) is 21.6. The van der Waals surface area contributed by atoms with Crippen LogP contribution in [0.4, 0.5) is 13.2 Å². The van der Waals surface area contributed by atoms with Gasteiger partial charge in [0.05, 0.1) is 29.1 Å². The Bertz CT molecular complexity index is 836. The molecule has 0 amide bonds. The van der Waals surface area contributed by atoms with Crippen molar-refractivity contribution in [3.63, 3.8) is 0 Å². The fourth-order valence-electron chi connectivity index (χ4n) is 2.80. The van der Waals surface area contributed by atoms with Crippen LogP contribution in [0.2, 0.25) is 0 Å². The van der Waals surface area contributed by atoms with Crippen molar-refractivity contribution >= 4 is 22.0 Å². The highest BCUT2D eigenvalue weighted by Gasteiger charge is 2.42. The van der Waals surface area contributed by atoms with E-state index in [-0.39, 0.29) is 13.1 Å². The minimum Gasteiger partial charge on any atom is -0.481 e. The van der Waals surface area contributed by atoms with E-state index in [1.807, 2.05) is 0 Å². The molecule has 1 aliphatic rings. The average molecular weight is 395 g/mol. The molecule has 11 heteroatoms. The number of sulfonamides is 1. The largest absolute Gasteiger partial charge is 0.481 e. The summed E-state index contributed by atoms with van der Waals surface area (Å²) in [7, 11) is -3.44. The molecule has 2 rings (SSSR count). The summed E-state index contributed by atoms with van der Waals surface area (Å²) in [5, 5.41) is 9.09. The zero-order valence-corrected chi connectivity index (χ0v) is 14.6. The molecule has 1 aromatic rings. The first-order valence-corrected chi connectivity index (χ1v) is 8.86. The van der Waals surface area contributed by atoms with Crippen molar-refractivity contribution < 1.29 is 41.0 Å². The first-order chi connectivity index (χ1) is 11.9. The van der Waals surface area contributed by atoms with Gasteiger partial charge in [-0.1, -0.05) is 6.92 Å². The van der Waals surface area contributed by atoms with Crippen LogP contribution in [0.1, 0.15) is 22.8 Å². The zero-order valence-electron chi connectivity index (χ0n) is 13.8. The van der Waals surface area contributed by atoms with Gasteiger partial charge >= 0.3 is 18.1 Å². The maximum Gasteiger partial charge on any atom is 0.417 e. The lowest BCUT2D eigenvalue weighted by atomic mass is 9.99. The number of hydrogen-bond donors (Lipinski definition) is 1. The maximum atomic E-state index is 13.2. The molecule has 0 aliphatic carbocycles. The predicted octanol–water partition coefficient (Wildman–Crippen LogP) is 1.83. The molecule has 0 aromatic heterocycles. The minimum absolute atomic E-state index is 0.126. The average Bonchev–Trinajstić information content (AvgIpc) is 2.95. The van der Waals surface area contributed by atoms with Crippen LogP contribution in [0.5, 0.6) is 0 Å². The van der Waals surface area contributed by atoms with Gasteiger partial charge in [0.2, 0.25) is 10.0 Å². The first kappa shape index (κ1) is 20.2. The van der Waals surface area contributed by atoms with E-state index >= 15 is 0 Å². The van der Waals surface area contributed by atoms with Crippen LogP contribution in [0, 0.1) is 11.8 Å². The number of methoxy groups -OCH3 is 1. The fraction of sp³-hybridized carbons (Fsp3) is 0.467. The van der Waals surface area contributed by atoms with Gasteiger partial charge in [-0.15, -0.1) is 0 Å². The van der Waals surface area contributed by atoms with E-state index in [2.05, 4.69) is 4.74 Å². The molecule has 0 spiro atoms. The number of nitrogens with zero attached hydrogens (tertiary/aromatic N) is 1. The monoisotopic (exact) mass is 395 g/mol. The van der Waals surface area contributed by atoms with Crippen molar-refractivity contribution in [1.82, 2.24) is 4.31 Å².